The Morgan fingerprint density at radius 2 is 0.889 bits per heavy atom. The van der Waals surface area contributed by atoms with Gasteiger partial charge in [-0.05, 0) is 94.5 Å². The fraction of sp³-hybridized carbons (Fsp3) is 0.0952. The average Bonchev–Trinajstić information content (AvgIpc) is 3.79. The van der Waals surface area contributed by atoms with Gasteiger partial charge in [-0.2, -0.15) is 0 Å². The van der Waals surface area contributed by atoms with Crippen molar-refractivity contribution in [2.75, 3.05) is 0 Å². The van der Waals surface area contributed by atoms with Gasteiger partial charge in [0.15, 0.2) is 0 Å². The number of fused-ring (bicyclic) bond motifs is 9. The Bertz CT molecular complexity index is 2430. The maximum absolute atomic E-state index is 2.46. The summed E-state index contributed by atoms with van der Waals surface area (Å²) in [5.41, 5.74) is 10.7. The van der Waals surface area contributed by atoms with Crippen LogP contribution < -0.4 is 0 Å². The monoisotopic (exact) mass is 628 g/mol. The van der Waals surface area contributed by atoms with E-state index in [0.717, 1.165) is 25.7 Å². The summed E-state index contributed by atoms with van der Waals surface area (Å²) in [5, 5.41) is 5.48. The molecule has 45 heavy (non-hydrogen) atoms. The van der Waals surface area contributed by atoms with Gasteiger partial charge in [0, 0.05) is 50.1 Å². The van der Waals surface area contributed by atoms with Crippen molar-refractivity contribution in [3.05, 3.63) is 130 Å². The van der Waals surface area contributed by atoms with Crippen LogP contribution in [0.25, 0.3) is 85.9 Å². The lowest BCUT2D eigenvalue weighted by atomic mass is 9.91. The molecule has 5 aromatic carbocycles. The molecule has 0 unspecified atom stereocenters. The molecule has 2 aliphatic rings. The summed E-state index contributed by atoms with van der Waals surface area (Å²) < 4.78 is 5.53. The first-order valence-corrected chi connectivity index (χ1v) is 18.2. The van der Waals surface area contributed by atoms with Gasteiger partial charge in [0.25, 0.3) is 0 Å². The number of aryl methyl sites for hydroxylation is 2. The van der Waals surface area contributed by atoms with E-state index >= 15 is 0 Å². The zero-order valence-corrected chi connectivity index (χ0v) is 27.0. The first-order chi connectivity index (χ1) is 22.3. The molecule has 0 bridgehead atoms. The van der Waals surface area contributed by atoms with Crippen molar-refractivity contribution in [2.24, 2.45) is 0 Å². The second-order valence-electron chi connectivity index (χ2n) is 12.2. The van der Waals surface area contributed by atoms with Gasteiger partial charge in [-0.15, -0.1) is 34.0 Å². The molecule has 0 nitrogen and oxygen atoms in total. The van der Waals surface area contributed by atoms with Crippen LogP contribution in [0, 0.1) is 0 Å². The summed E-state index contributed by atoms with van der Waals surface area (Å²) in [6.07, 6.45) is 13.9. The lowest BCUT2D eigenvalue weighted by molar-refractivity contribution is 1.02. The molecular formula is C42H28S3. The Morgan fingerprint density at radius 1 is 0.422 bits per heavy atom. The topological polar surface area (TPSA) is 0 Å². The molecule has 3 heteroatoms. The first kappa shape index (κ1) is 26.0. The molecule has 10 rings (SSSR count). The summed E-state index contributed by atoms with van der Waals surface area (Å²) in [4.78, 5) is 3.04. The average molecular weight is 629 g/mol. The van der Waals surface area contributed by atoms with E-state index in [1.165, 1.54) is 94.6 Å². The third kappa shape index (κ3) is 4.01. The number of benzene rings is 5. The SMILES string of the molecule is C1=Cc2c(sc3c(-c4cc(-c5cccc6c7c(sc56)CCC=C7)cc(-c5cccc6c5sc5ccccc56)c4)cccc23)CC1. The van der Waals surface area contributed by atoms with Crippen LogP contribution in [0.15, 0.2) is 109 Å². The molecule has 3 aromatic heterocycles. The number of thiophene rings is 3. The smallest absolute Gasteiger partial charge is 0.0433 e. The molecule has 0 spiro atoms. The molecule has 8 aromatic rings. The fourth-order valence-electron chi connectivity index (χ4n) is 7.47. The van der Waals surface area contributed by atoms with Crippen molar-refractivity contribution in [3.63, 3.8) is 0 Å². The van der Waals surface area contributed by atoms with Crippen LogP contribution in [0.4, 0.5) is 0 Å². The van der Waals surface area contributed by atoms with E-state index < -0.39 is 0 Å². The lowest BCUT2D eigenvalue weighted by Gasteiger charge is -2.13. The molecule has 0 aliphatic heterocycles. The highest BCUT2D eigenvalue weighted by Crippen LogP contribution is 2.47. The van der Waals surface area contributed by atoms with Gasteiger partial charge in [-0.3, -0.25) is 0 Å². The van der Waals surface area contributed by atoms with E-state index in [0.29, 0.717) is 0 Å². The quantitative estimate of drug-likeness (QED) is 0.183. The molecule has 0 atom stereocenters. The van der Waals surface area contributed by atoms with Gasteiger partial charge in [-0.1, -0.05) is 97.1 Å². The Morgan fingerprint density at radius 3 is 1.44 bits per heavy atom. The van der Waals surface area contributed by atoms with Crippen molar-refractivity contribution in [3.8, 4) is 33.4 Å². The maximum atomic E-state index is 2.46. The Labute approximate surface area is 274 Å². The Balaban J connectivity index is 1.27. The molecule has 2 aliphatic carbocycles. The van der Waals surface area contributed by atoms with E-state index in [9.17, 15) is 0 Å². The molecule has 0 saturated carbocycles. The molecule has 0 amide bonds. The van der Waals surface area contributed by atoms with Gasteiger partial charge in [0.05, 0.1) is 0 Å². The third-order valence-electron chi connectivity index (χ3n) is 9.58. The van der Waals surface area contributed by atoms with Crippen LogP contribution in [0.1, 0.15) is 33.7 Å². The van der Waals surface area contributed by atoms with E-state index in [4.69, 9.17) is 0 Å². The van der Waals surface area contributed by atoms with Gasteiger partial charge in [-0.25, -0.2) is 0 Å². The fourth-order valence-corrected chi connectivity index (χ4v) is 11.4. The minimum Gasteiger partial charge on any atom is -0.139 e. The highest BCUT2D eigenvalue weighted by Gasteiger charge is 2.20. The zero-order chi connectivity index (χ0) is 29.5. The van der Waals surface area contributed by atoms with Crippen molar-refractivity contribution in [1.82, 2.24) is 0 Å². The van der Waals surface area contributed by atoms with Crippen molar-refractivity contribution >= 4 is 86.5 Å². The predicted octanol–water partition coefficient (Wildman–Crippen LogP) is 13.4. The van der Waals surface area contributed by atoms with Crippen molar-refractivity contribution in [1.29, 1.82) is 0 Å². The predicted molar refractivity (Wildman–Crippen MR) is 201 cm³/mol. The normalized spacial score (nSPS) is 14.1. The number of hydrogen-bond donors (Lipinski definition) is 0. The van der Waals surface area contributed by atoms with Crippen LogP contribution >= 0.6 is 34.0 Å². The van der Waals surface area contributed by atoms with Crippen LogP contribution in [-0.2, 0) is 12.8 Å². The zero-order valence-electron chi connectivity index (χ0n) is 24.6. The number of rotatable bonds is 3. The number of hydrogen-bond acceptors (Lipinski definition) is 3. The van der Waals surface area contributed by atoms with Crippen molar-refractivity contribution < 1.29 is 0 Å². The molecule has 214 valence electrons. The minimum atomic E-state index is 1.14. The standard InChI is InChI=1S/C42H28S3/c1-4-19-37-31(10-1)34-16-7-13-28(40(34)43-37)25-22-26(29-14-8-17-35-32-11-2-5-20-38(32)44-41(29)35)24-27(23-25)30-15-9-18-36-33-12-3-6-21-39(33)45-42(30)36/h1-4,7-19,22-24H,5-6,20-21H2. The molecular weight excluding hydrogens is 601 g/mol. The molecule has 3 heterocycles. The van der Waals surface area contributed by atoms with Crippen LogP contribution in [0.5, 0.6) is 0 Å². The van der Waals surface area contributed by atoms with Crippen LogP contribution in [-0.4, -0.2) is 0 Å². The molecule has 0 radical (unpaired) electrons. The van der Waals surface area contributed by atoms with Gasteiger partial charge < -0.3 is 0 Å². The third-order valence-corrected chi connectivity index (χ3v) is 13.4. The summed E-state index contributed by atoms with van der Waals surface area (Å²) in [6.45, 7) is 0. The van der Waals surface area contributed by atoms with Crippen molar-refractivity contribution in [2.45, 2.75) is 25.7 Å². The maximum Gasteiger partial charge on any atom is 0.0433 e. The number of allylic oxidation sites excluding steroid dienone is 2. The van der Waals surface area contributed by atoms with E-state index in [1.54, 1.807) is 0 Å². The highest BCUT2D eigenvalue weighted by molar-refractivity contribution is 7.26. The second kappa shape index (κ2) is 10.1. The second-order valence-corrected chi connectivity index (χ2v) is 15.5. The van der Waals surface area contributed by atoms with E-state index in [-0.39, 0.29) is 0 Å². The summed E-state index contributed by atoms with van der Waals surface area (Å²) in [7, 11) is 0. The highest BCUT2D eigenvalue weighted by atomic mass is 32.1. The molecule has 0 saturated heterocycles. The minimum absolute atomic E-state index is 1.14. The van der Waals surface area contributed by atoms with Gasteiger partial charge >= 0.3 is 0 Å². The van der Waals surface area contributed by atoms with E-state index in [2.05, 4.69) is 121 Å². The summed E-state index contributed by atoms with van der Waals surface area (Å²) in [5.74, 6) is 0. The van der Waals surface area contributed by atoms with Gasteiger partial charge in [0.2, 0.25) is 0 Å². The Kier molecular flexibility index (Phi) is 5.84. The summed E-state index contributed by atoms with van der Waals surface area (Å²) >= 11 is 5.91. The van der Waals surface area contributed by atoms with Crippen LogP contribution in [0.2, 0.25) is 0 Å². The van der Waals surface area contributed by atoms with Gasteiger partial charge in [0.1, 0.15) is 0 Å². The summed E-state index contributed by atoms with van der Waals surface area (Å²) in [6, 6.07) is 36.9. The van der Waals surface area contributed by atoms with Crippen LogP contribution in [0.3, 0.4) is 0 Å². The lowest BCUT2D eigenvalue weighted by Crippen LogP contribution is -1.88. The molecule has 0 N–H and O–H groups in total. The van der Waals surface area contributed by atoms with E-state index in [1.807, 2.05) is 34.0 Å². The molecule has 0 fully saturated rings. The first-order valence-electron chi connectivity index (χ1n) is 15.8. The largest absolute Gasteiger partial charge is 0.139 e. The Hall–Kier alpha value is -4.28.